The van der Waals surface area contributed by atoms with Crippen LogP contribution in [0.4, 0.5) is 0 Å². The van der Waals surface area contributed by atoms with Crippen LogP contribution in [0.1, 0.15) is 37.1 Å². The standard InChI is InChI=1S/C18H22N2O2.ClH/c1-13-12-15(9-10-19-13)18(21)20-17(16-8-5-11-22-16)14-6-3-2-4-7-14;/h2-8,11,13,15,17,19H,9-10,12H2,1H3,(H,20,21);1H/t13-,15-,17?;/m0./s1. The van der Waals surface area contributed by atoms with Gasteiger partial charge in [-0.1, -0.05) is 30.3 Å². The molecule has 1 aromatic heterocycles. The van der Waals surface area contributed by atoms with Crippen molar-refractivity contribution in [1.82, 2.24) is 10.6 Å². The molecule has 23 heavy (non-hydrogen) atoms. The lowest BCUT2D eigenvalue weighted by Gasteiger charge is -2.28. The largest absolute Gasteiger partial charge is 0.467 e. The van der Waals surface area contributed by atoms with Gasteiger partial charge in [0.1, 0.15) is 11.8 Å². The van der Waals surface area contributed by atoms with E-state index >= 15 is 0 Å². The third-order valence-electron chi connectivity index (χ3n) is 4.24. The average molecular weight is 335 g/mol. The van der Waals surface area contributed by atoms with Crippen LogP contribution in [0.3, 0.4) is 0 Å². The van der Waals surface area contributed by atoms with Crippen molar-refractivity contribution in [3.8, 4) is 0 Å². The number of carbonyl (C=O) groups is 1. The molecule has 1 amide bonds. The highest BCUT2D eigenvalue weighted by Crippen LogP contribution is 2.24. The van der Waals surface area contributed by atoms with Crippen molar-refractivity contribution >= 4 is 18.3 Å². The van der Waals surface area contributed by atoms with Gasteiger partial charge in [-0.05, 0) is 44.0 Å². The van der Waals surface area contributed by atoms with Gasteiger partial charge in [-0.2, -0.15) is 0 Å². The lowest BCUT2D eigenvalue weighted by atomic mass is 9.92. The molecule has 0 radical (unpaired) electrons. The summed E-state index contributed by atoms with van der Waals surface area (Å²) in [5.41, 5.74) is 1.03. The normalized spacial score (nSPS) is 22.0. The Morgan fingerprint density at radius 3 is 2.70 bits per heavy atom. The van der Waals surface area contributed by atoms with Crippen molar-refractivity contribution in [2.75, 3.05) is 6.54 Å². The molecule has 1 aromatic carbocycles. The third-order valence-corrected chi connectivity index (χ3v) is 4.24. The maximum atomic E-state index is 12.6. The molecule has 4 nitrogen and oxygen atoms in total. The topological polar surface area (TPSA) is 54.3 Å². The van der Waals surface area contributed by atoms with Gasteiger partial charge in [-0.3, -0.25) is 4.79 Å². The number of amides is 1. The molecule has 2 aromatic rings. The van der Waals surface area contributed by atoms with E-state index in [-0.39, 0.29) is 30.3 Å². The molecular weight excluding hydrogens is 312 g/mol. The number of halogens is 1. The number of hydrogen-bond donors (Lipinski definition) is 2. The van der Waals surface area contributed by atoms with E-state index in [0.717, 1.165) is 30.7 Å². The maximum Gasteiger partial charge on any atom is 0.224 e. The smallest absolute Gasteiger partial charge is 0.224 e. The molecule has 0 aliphatic carbocycles. The maximum absolute atomic E-state index is 12.6. The molecule has 1 aliphatic rings. The van der Waals surface area contributed by atoms with Crippen LogP contribution in [0.5, 0.6) is 0 Å². The minimum Gasteiger partial charge on any atom is -0.467 e. The highest BCUT2D eigenvalue weighted by Gasteiger charge is 2.28. The van der Waals surface area contributed by atoms with E-state index in [1.54, 1.807) is 6.26 Å². The van der Waals surface area contributed by atoms with Crippen molar-refractivity contribution in [3.05, 3.63) is 60.1 Å². The molecule has 0 bridgehead atoms. The van der Waals surface area contributed by atoms with Gasteiger partial charge in [0.25, 0.3) is 0 Å². The SMILES string of the molecule is C[C@H]1C[C@@H](C(=O)NC(c2ccccc2)c2ccco2)CCN1.Cl. The number of hydrogen-bond acceptors (Lipinski definition) is 3. The first-order chi connectivity index (χ1) is 10.7. The van der Waals surface area contributed by atoms with Crippen molar-refractivity contribution in [3.63, 3.8) is 0 Å². The van der Waals surface area contributed by atoms with Gasteiger partial charge in [-0.25, -0.2) is 0 Å². The molecule has 3 atom stereocenters. The summed E-state index contributed by atoms with van der Waals surface area (Å²) in [6, 6.07) is 13.9. The van der Waals surface area contributed by atoms with Gasteiger partial charge in [0.05, 0.1) is 6.26 Å². The van der Waals surface area contributed by atoms with E-state index in [0.29, 0.717) is 6.04 Å². The highest BCUT2D eigenvalue weighted by atomic mass is 35.5. The fraction of sp³-hybridized carbons (Fsp3) is 0.389. The first kappa shape index (κ1) is 17.6. The molecule has 2 heterocycles. The Kier molecular flexibility index (Phi) is 6.25. The van der Waals surface area contributed by atoms with E-state index in [9.17, 15) is 4.79 Å². The van der Waals surface area contributed by atoms with E-state index < -0.39 is 0 Å². The number of piperidine rings is 1. The van der Waals surface area contributed by atoms with Crippen molar-refractivity contribution < 1.29 is 9.21 Å². The summed E-state index contributed by atoms with van der Waals surface area (Å²) in [6.07, 6.45) is 3.41. The second kappa shape index (κ2) is 8.18. The van der Waals surface area contributed by atoms with Crippen LogP contribution < -0.4 is 10.6 Å². The minimum absolute atomic E-state index is 0. The number of rotatable bonds is 4. The summed E-state index contributed by atoms with van der Waals surface area (Å²) in [5.74, 6) is 0.942. The predicted octanol–water partition coefficient (Wildman–Crippen LogP) is 3.30. The lowest BCUT2D eigenvalue weighted by molar-refractivity contribution is -0.126. The second-order valence-corrected chi connectivity index (χ2v) is 5.94. The van der Waals surface area contributed by atoms with Crippen LogP contribution in [0.2, 0.25) is 0 Å². The summed E-state index contributed by atoms with van der Waals surface area (Å²) in [6.45, 7) is 3.02. The Hall–Kier alpha value is -1.78. The molecule has 1 saturated heterocycles. The lowest BCUT2D eigenvalue weighted by Crippen LogP contribution is -2.43. The summed E-state index contributed by atoms with van der Waals surface area (Å²) in [7, 11) is 0. The van der Waals surface area contributed by atoms with Crippen LogP contribution >= 0.6 is 12.4 Å². The van der Waals surface area contributed by atoms with E-state index in [4.69, 9.17) is 4.42 Å². The zero-order valence-electron chi connectivity index (χ0n) is 13.2. The first-order valence-corrected chi connectivity index (χ1v) is 7.86. The fourth-order valence-electron chi connectivity index (χ4n) is 3.05. The van der Waals surface area contributed by atoms with Crippen molar-refractivity contribution in [2.24, 2.45) is 5.92 Å². The first-order valence-electron chi connectivity index (χ1n) is 7.86. The number of furan rings is 1. The van der Waals surface area contributed by atoms with Gasteiger partial charge in [0.2, 0.25) is 5.91 Å². The molecule has 1 fully saturated rings. The molecule has 0 spiro atoms. The predicted molar refractivity (Wildman–Crippen MR) is 92.6 cm³/mol. The van der Waals surface area contributed by atoms with Gasteiger partial charge in [0.15, 0.2) is 0 Å². The third kappa shape index (κ3) is 4.36. The summed E-state index contributed by atoms with van der Waals surface area (Å²) in [4.78, 5) is 12.6. The van der Waals surface area contributed by atoms with Crippen LogP contribution in [0.15, 0.2) is 53.1 Å². The number of carbonyl (C=O) groups excluding carboxylic acids is 1. The molecule has 1 unspecified atom stereocenters. The van der Waals surface area contributed by atoms with Gasteiger partial charge < -0.3 is 15.1 Å². The van der Waals surface area contributed by atoms with Crippen LogP contribution in [0.25, 0.3) is 0 Å². The monoisotopic (exact) mass is 334 g/mol. The summed E-state index contributed by atoms with van der Waals surface area (Å²) in [5, 5.41) is 6.55. The van der Waals surface area contributed by atoms with E-state index in [2.05, 4.69) is 17.6 Å². The van der Waals surface area contributed by atoms with Gasteiger partial charge in [0, 0.05) is 12.0 Å². The van der Waals surface area contributed by atoms with Crippen molar-refractivity contribution in [1.29, 1.82) is 0 Å². The Morgan fingerprint density at radius 1 is 1.26 bits per heavy atom. The van der Waals surface area contributed by atoms with Gasteiger partial charge in [-0.15, -0.1) is 12.4 Å². The number of benzene rings is 1. The van der Waals surface area contributed by atoms with Crippen LogP contribution in [-0.4, -0.2) is 18.5 Å². The van der Waals surface area contributed by atoms with Crippen LogP contribution in [0, 0.1) is 5.92 Å². The highest BCUT2D eigenvalue weighted by molar-refractivity contribution is 5.85. The zero-order valence-corrected chi connectivity index (χ0v) is 14.0. The Balaban J connectivity index is 0.00000192. The van der Waals surface area contributed by atoms with Crippen molar-refractivity contribution in [2.45, 2.75) is 31.8 Å². The molecule has 0 saturated carbocycles. The molecular formula is C18H23ClN2O2. The molecule has 5 heteroatoms. The average Bonchev–Trinajstić information content (AvgIpc) is 3.07. The Labute approximate surface area is 143 Å². The second-order valence-electron chi connectivity index (χ2n) is 5.94. The molecule has 2 N–H and O–H groups in total. The van der Waals surface area contributed by atoms with Crippen LogP contribution in [-0.2, 0) is 4.79 Å². The van der Waals surface area contributed by atoms with Gasteiger partial charge >= 0.3 is 0 Å². The summed E-state index contributed by atoms with van der Waals surface area (Å²) < 4.78 is 5.53. The molecule has 1 aliphatic heterocycles. The van der Waals surface area contributed by atoms with E-state index in [1.807, 2.05) is 42.5 Å². The minimum atomic E-state index is -0.228. The summed E-state index contributed by atoms with van der Waals surface area (Å²) >= 11 is 0. The fourth-order valence-corrected chi connectivity index (χ4v) is 3.05. The zero-order chi connectivity index (χ0) is 15.4. The van der Waals surface area contributed by atoms with E-state index in [1.165, 1.54) is 0 Å². The Morgan fingerprint density at radius 2 is 2.04 bits per heavy atom. The molecule has 3 rings (SSSR count). The molecule has 124 valence electrons. The quantitative estimate of drug-likeness (QED) is 0.902. The Bertz CT molecular complexity index is 601. The number of nitrogens with one attached hydrogen (secondary N) is 2.